The van der Waals surface area contributed by atoms with Gasteiger partial charge in [-0.05, 0) is 12.2 Å². The molecule has 1 aliphatic rings. The van der Waals surface area contributed by atoms with Crippen LogP contribution in [0.3, 0.4) is 0 Å². The number of phenols is 2. The Morgan fingerprint density at radius 1 is 1.18 bits per heavy atom. The first kappa shape index (κ1) is 14.3. The van der Waals surface area contributed by atoms with Gasteiger partial charge in [0.05, 0.1) is 0 Å². The average Bonchev–Trinajstić information content (AvgIpc) is 2.42. The topological polar surface area (TPSA) is 128 Å². The molecule has 0 bridgehead atoms. The molecule has 0 saturated heterocycles. The predicted octanol–water partition coefficient (Wildman–Crippen LogP) is 0.282. The number of rotatable bonds is 1. The summed E-state index contributed by atoms with van der Waals surface area (Å²) in [6.45, 7) is 0. The summed E-state index contributed by atoms with van der Waals surface area (Å²) in [4.78, 5) is 23.3. The van der Waals surface area contributed by atoms with E-state index in [1.807, 2.05) is 0 Å². The number of carbonyl (C=O) groups is 1. The van der Waals surface area contributed by atoms with Crippen molar-refractivity contribution in [1.29, 1.82) is 0 Å². The second-order valence-corrected chi connectivity index (χ2v) is 5.16. The summed E-state index contributed by atoms with van der Waals surface area (Å²) in [5.74, 6) is -1.44. The van der Waals surface area contributed by atoms with Gasteiger partial charge in [0, 0.05) is 24.6 Å². The molecular formula is C15H12O7. The highest BCUT2D eigenvalue weighted by atomic mass is 16.4. The van der Waals surface area contributed by atoms with E-state index in [9.17, 15) is 30.0 Å². The minimum absolute atomic E-state index is 0.147. The Hall–Kier alpha value is -2.64. The maximum absolute atomic E-state index is 12.1. The van der Waals surface area contributed by atoms with Crippen molar-refractivity contribution in [2.75, 3.05) is 0 Å². The monoisotopic (exact) mass is 304 g/mol. The lowest BCUT2D eigenvalue weighted by molar-refractivity contribution is -0.124. The van der Waals surface area contributed by atoms with Gasteiger partial charge >= 0.3 is 0 Å². The van der Waals surface area contributed by atoms with E-state index in [1.54, 1.807) is 0 Å². The highest BCUT2D eigenvalue weighted by Gasteiger charge is 2.41. The zero-order chi connectivity index (χ0) is 16.1. The van der Waals surface area contributed by atoms with E-state index in [4.69, 9.17) is 4.42 Å². The Kier molecular flexibility index (Phi) is 3.05. The molecule has 0 spiro atoms. The van der Waals surface area contributed by atoms with Gasteiger partial charge in [-0.15, -0.1) is 0 Å². The standard InChI is InChI=1S/C15H12O7/c16-7-1-2-15(21,12(20)5-7)13-6-10(19)14-9(18)3-8(17)4-11(14)22-13/h1-4,6,12,17-18,20-21H,5H2. The number of phenolic OH excluding ortho intramolecular Hbond substituents is 2. The molecule has 2 atom stereocenters. The van der Waals surface area contributed by atoms with E-state index in [0.717, 1.165) is 30.4 Å². The molecular weight excluding hydrogens is 292 g/mol. The van der Waals surface area contributed by atoms with Crippen molar-refractivity contribution >= 4 is 16.8 Å². The lowest BCUT2D eigenvalue weighted by Crippen LogP contribution is -2.42. The van der Waals surface area contributed by atoms with Gasteiger partial charge < -0.3 is 24.8 Å². The fourth-order valence-electron chi connectivity index (χ4n) is 2.44. The molecule has 1 aliphatic carbocycles. The Morgan fingerprint density at radius 3 is 2.59 bits per heavy atom. The third kappa shape index (κ3) is 2.07. The Labute approximate surface area is 123 Å². The molecule has 0 fully saturated rings. The molecule has 22 heavy (non-hydrogen) atoms. The van der Waals surface area contributed by atoms with Gasteiger partial charge in [-0.3, -0.25) is 9.59 Å². The van der Waals surface area contributed by atoms with Crippen LogP contribution in [-0.4, -0.2) is 32.3 Å². The molecule has 3 rings (SSSR count). The lowest BCUT2D eigenvalue weighted by Gasteiger charge is -2.31. The lowest BCUT2D eigenvalue weighted by atomic mass is 9.85. The van der Waals surface area contributed by atoms with Crippen LogP contribution >= 0.6 is 0 Å². The smallest absolute Gasteiger partial charge is 0.196 e. The maximum atomic E-state index is 12.1. The van der Waals surface area contributed by atoms with Crippen LogP contribution in [0.4, 0.5) is 0 Å². The summed E-state index contributed by atoms with van der Waals surface area (Å²) in [6, 6.07) is 3.03. The van der Waals surface area contributed by atoms with E-state index < -0.39 is 22.9 Å². The number of carbonyl (C=O) groups excluding carboxylic acids is 1. The Morgan fingerprint density at radius 2 is 1.91 bits per heavy atom. The quantitative estimate of drug-likeness (QED) is 0.595. The van der Waals surface area contributed by atoms with Crippen LogP contribution in [0.2, 0.25) is 0 Å². The van der Waals surface area contributed by atoms with Crippen LogP contribution < -0.4 is 5.43 Å². The summed E-state index contributed by atoms with van der Waals surface area (Å²) in [6.07, 6.45) is 0.351. The van der Waals surface area contributed by atoms with Gasteiger partial charge in [0.2, 0.25) is 0 Å². The number of fused-ring (bicyclic) bond motifs is 1. The summed E-state index contributed by atoms with van der Waals surface area (Å²) in [5.41, 5.74) is -2.84. The van der Waals surface area contributed by atoms with Crippen molar-refractivity contribution in [3.8, 4) is 11.5 Å². The molecule has 1 aromatic heterocycles. The van der Waals surface area contributed by atoms with E-state index in [0.29, 0.717) is 0 Å². The summed E-state index contributed by atoms with van der Waals surface area (Å²) < 4.78 is 5.36. The van der Waals surface area contributed by atoms with Gasteiger partial charge in [-0.25, -0.2) is 0 Å². The van der Waals surface area contributed by atoms with Crippen LogP contribution in [0.25, 0.3) is 11.0 Å². The highest BCUT2D eigenvalue weighted by Crippen LogP contribution is 2.34. The minimum Gasteiger partial charge on any atom is -0.508 e. The summed E-state index contributed by atoms with van der Waals surface area (Å²) >= 11 is 0. The molecule has 7 heteroatoms. The van der Waals surface area contributed by atoms with Crippen molar-refractivity contribution in [2.45, 2.75) is 18.1 Å². The number of aromatic hydroxyl groups is 2. The van der Waals surface area contributed by atoms with Crippen molar-refractivity contribution in [2.24, 2.45) is 0 Å². The molecule has 0 amide bonds. The molecule has 0 aliphatic heterocycles. The third-order valence-electron chi connectivity index (χ3n) is 3.62. The second kappa shape index (κ2) is 4.69. The second-order valence-electron chi connectivity index (χ2n) is 5.16. The minimum atomic E-state index is -2.04. The number of aliphatic hydroxyl groups is 2. The van der Waals surface area contributed by atoms with Crippen molar-refractivity contribution in [1.82, 2.24) is 0 Å². The van der Waals surface area contributed by atoms with E-state index in [2.05, 4.69) is 0 Å². The maximum Gasteiger partial charge on any atom is 0.196 e. The summed E-state index contributed by atoms with van der Waals surface area (Å²) in [7, 11) is 0. The van der Waals surface area contributed by atoms with Gasteiger partial charge in [-0.2, -0.15) is 0 Å². The van der Waals surface area contributed by atoms with Gasteiger partial charge in [0.25, 0.3) is 0 Å². The van der Waals surface area contributed by atoms with Crippen LogP contribution in [-0.2, 0) is 10.4 Å². The molecule has 1 heterocycles. The number of allylic oxidation sites excluding steroid dienone is 1. The van der Waals surface area contributed by atoms with Gasteiger partial charge in [-0.1, -0.05) is 0 Å². The number of hydrogen-bond acceptors (Lipinski definition) is 7. The zero-order valence-corrected chi connectivity index (χ0v) is 11.2. The molecule has 0 radical (unpaired) electrons. The number of hydrogen-bond donors (Lipinski definition) is 4. The van der Waals surface area contributed by atoms with E-state index in [1.165, 1.54) is 0 Å². The van der Waals surface area contributed by atoms with Crippen molar-refractivity contribution in [3.63, 3.8) is 0 Å². The van der Waals surface area contributed by atoms with Gasteiger partial charge in [0.15, 0.2) is 16.8 Å². The Balaban J connectivity index is 2.27. The SMILES string of the molecule is O=C1C=CC(O)(c2cc(=O)c3c(O)cc(O)cc3o2)C(O)C1. The van der Waals surface area contributed by atoms with Crippen LogP contribution in [0.1, 0.15) is 12.2 Å². The zero-order valence-electron chi connectivity index (χ0n) is 11.2. The average molecular weight is 304 g/mol. The molecule has 7 nitrogen and oxygen atoms in total. The number of ketones is 1. The fourth-order valence-corrected chi connectivity index (χ4v) is 2.44. The molecule has 1 aromatic carbocycles. The van der Waals surface area contributed by atoms with Crippen LogP contribution in [0, 0.1) is 0 Å². The highest BCUT2D eigenvalue weighted by molar-refractivity contribution is 5.91. The Bertz CT molecular complexity index is 864. The molecule has 114 valence electrons. The first-order valence-corrected chi connectivity index (χ1v) is 6.44. The van der Waals surface area contributed by atoms with Gasteiger partial charge in [0.1, 0.15) is 34.3 Å². The van der Waals surface area contributed by atoms with Crippen LogP contribution in [0.5, 0.6) is 11.5 Å². The van der Waals surface area contributed by atoms with E-state index >= 15 is 0 Å². The fraction of sp³-hybridized carbons (Fsp3) is 0.200. The largest absolute Gasteiger partial charge is 0.508 e. The summed E-state index contributed by atoms with van der Waals surface area (Å²) in [5, 5.41) is 39.4. The van der Waals surface area contributed by atoms with E-state index in [-0.39, 0.29) is 34.7 Å². The number of aliphatic hydroxyl groups excluding tert-OH is 1. The van der Waals surface area contributed by atoms with Crippen LogP contribution in [0.15, 0.2) is 39.6 Å². The predicted molar refractivity (Wildman–Crippen MR) is 74.5 cm³/mol. The normalized spacial score (nSPS) is 24.8. The molecule has 2 unspecified atom stereocenters. The molecule has 2 aromatic rings. The molecule has 0 saturated carbocycles. The first-order valence-electron chi connectivity index (χ1n) is 6.44. The van der Waals surface area contributed by atoms with Crippen molar-refractivity contribution < 1.29 is 29.6 Å². The number of benzene rings is 1. The third-order valence-corrected chi connectivity index (χ3v) is 3.62. The van der Waals surface area contributed by atoms with Crippen molar-refractivity contribution in [3.05, 3.63) is 46.3 Å². The first-order chi connectivity index (χ1) is 10.3. The molecule has 4 N–H and O–H groups in total.